The third kappa shape index (κ3) is 2.03. The van der Waals surface area contributed by atoms with E-state index in [1.165, 1.54) is 33.3 Å². The Morgan fingerprint density at radius 3 is 2.74 bits per heavy atom. The molecule has 3 heteroatoms. The second kappa shape index (κ2) is 4.58. The maximum absolute atomic E-state index is 6.03. The second-order valence-corrected chi connectivity index (χ2v) is 5.66. The van der Waals surface area contributed by atoms with E-state index in [2.05, 4.69) is 37.9 Å². The Kier molecular flexibility index (Phi) is 3.03. The fourth-order valence-corrected chi connectivity index (χ4v) is 2.96. The van der Waals surface area contributed by atoms with Gasteiger partial charge < -0.3 is 10.6 Å². The first-order chi connectivity index (χ1) is 9.10. The molecule has 1 aliphatic heterocycles. The van der Waals surface area contributed by atoms with Gasteiger partial charge in [0.15, 0.2) is 0 Å². The van der Waals surface area contributed by atoms with Crippen LogP contribution in [-0.2, 0) is 19.5 Å². The van der Waals surface area contributed by atoms with Crippen LogP contribution in [0.1, 0.15) is 27.9 Å². The summed E-state index contributed by atoms with van der Waals surface area (Å²) in [5, 5.41) is 1.24. The molecule has 0 saturated heterocycles. The molecule has 0 amide bonds. The van der Waals surface area contributed by atoms with Gasteiger partial charge in [-0.15, -0.1) is 0 Å². The highest BCUT2D eigenvalue weighted by Crippen LogP contribution is 2.29. The fourth-order valence-electron chi connectivity index (χ4n) is 2.96. The van der Waals surface area contributed by atoms with Crippen molar-refractivity contribution in [1.82, 2.24) is 9.88 Å². The molecule has 1 aromatic heterocycles. The maximum atomic E-state index is 6.03. The molecule has 2 N–H and O–H groups in total. The number of likely N-dealkylation sites (N-methyl/N-ethyl adjacent to an activating group) is 1. The highest BCUT2D eigenvalue weighted by molar-refractivity contribution is 5.85. The SMILES string of the molecule is Cc1cc2nc3c(c(CN)c2cc1C)CN(C)CC3. The van der Waals surface area contributed by atoms with Gasteiger partial charge in [0.1, 0.15) is 0 Å². The normalized spacial score (nSPS) is 15.8. The van der Waals surface area contributed by atoms with Gasteiger partial charge in [0.2, 0.25) is 0 Å². The molecule has 2 aromatic rings. The molecule has 0 spiro atoms. The van der Waals surface area contributed by atoms with Crippen LogP contribution in [0.2, 0.25) is 0 Å². The Hall–Kier alpha value is -1.45. The monoisotopic (exact) mass is 255 g/mol. The lowest BCUT2D eigenvalue weighted by molar-refractivity contribution is 0.309. The lowest BCUT2D eigenvalue weighted by atomic mass is 9.94. The van der Waals surface area contributed by atoms with E-state index < -0.39 is 0 Å². The van der Waals surface area contributed by atoms with Crippen LogP contribution in [0.25, 0.3) is 10.9 Å². The summed E-state index contributed by atoms with van der Waals surface area (Å²) in [5.74, 6) is 0. The average Bonchev–Trinajstić information content (AvgIpc) is 2.38. The molecule has 1 aliphatic rings. The van der Waals surface area contributed by atoms with Crippen molar-refractivity contribution < 1.29 is 0 Å². The number of nitrogens with two attached hydrogens (primary N) is 1. The summed E-state index contributed by atoms with van der Waals surface area (Å²) in [7, 11) is 2.16. The number of fused-ring (bicyclic) bond motifs is 2. The van der Waals surface area contributed by atoms with Gasteiger partial charge in [0.25, 0.3) is 0 Å². The zero-order chi connectivity index (χ0) is 13.6. The molecule has 2 heterocycles. The number of hydrogen-bond donors (Lipinski definition) is 1. The zero-order valence-corrected chi connectivity index (χ0v) is 12.0. The molecule has 0 atom stereocenters. The molecular weight excluding hydrogens is 234 g/mol. The standard InChI is InChI=1S/C16H21N3/c1-10-6-12-13(8-17)14-9-19(3)5-4-15(14)18-16(12)7-11(10)2/h6-7H,4-5,8-9,17H2,1-3H3. The first-order valence-electron chi connectivity index (χ1n) is 6.90. The number of nitrogens with zero attached hydrogens (tertiary/aromatic N) is 2. The number of rotatable bonds is 1. The third-order valence-electron chi connectivity index (χ3n) is 4.27. The lowest BCUT2D eigenvalue weighted by Gasteiger charge is -2.27. The van der Waals surface area contributed by atoms with Gasteiger partial charge >= 0.3 is 0 Å². The molecule has 100 valence electrons. The van der Waals surface area contributed by atoms with Crippen LogP contribution in [0.3, 0.4) is 0 Å². The van der Waals surface area contributed by atoms with Crippen LogP contribution >= 0.6 is 0 Å². The van der Waals surface area contributed by atoms with Crippen molar-refractivity contribution in [3.63, 3.8) is 0 Å². The Bertz CT molecular complexity index is 646. The van der Waals surface area contributed by atoms with Crippen molar-refractivity contribution in [1.29, 1.82) is 0 Å². The predicted octanol–water partition coefficient (Wildman–Crippen LogP) is 2.30. The number of hydrogen-bond acceptors (Lipinski definition) is 3. The van der Waals surface area contributed by atoms with Crippen LogP contribution in [0.4, 0.5) is 0 Å². The molecule has 3 nitrogen and oxygen atoms in total. The summed E-state index contributed by atoms with van der Waals surface area (Å²) in [6.07, 6.45) is 1.03. The van der Waals surface area contributed by atoms with Gasteiger partial charge in [-0.3, -0.25) is 4.98 Å². The van der Waals surface area contributed by atoms with Crippen molar-refractivity contribution in [2.24, 2.45) is 5.73 Å². The second-order valence-electron chi connectivity index (χ2n) is 5.66. The van der Waals surface area contributed by atoms with Crippen LogP contribution < -0.4 is 5.73 Å². The molecule has 1 aromatic carbocycles. The molecule has 19 heavy (non-hydrogen) atoms. The fraction of sp³-hybridized carbons (Fsp3) is 0.438. The Labute approximate surface area is 114 Å². The summed E-state index contributed by atoms with van der Waals surface area (Å²) >= 11 is 0. The summed E-state index contributed by atoms with van der Waals surface area (Å²) in [5.41, 5.74) is 13.6. The topological polar surface area (TPSA) is 42.1 Å². The predicted molar refractivity (Wildman–Crippen MR) is 79.1 cm³/mol. The molecule has 0 radical (unpaired) electrons. The highest BCUT2D eigenvalue weighted by Gasteiger charge is 2.20. The van der Waals surface area contributed by atoms with E-state index in [1.807, 2.05) is 0 Å². The Morgan fingerprint density at radius 1 is 1.26 bits per heavy atom. The number of aryl methyl sites for hydroxylation is 2. The minimum Gasteiger partial charge on any atom is -0.326 e. The minimum absolute atomic E-state index is 0.595. The quantitative estimate of drug-likeness (QED) is 0.850. The maximum Gasteiger partial charge on any atom is 0.0711 e. The first kappa shape index (κ1) is 12.6. The van der Waals surface area contributed by atoms with Crippen molar-refractivity contribution in [2.45, 2.75) is 33.4 Å². The lowest BCUT2D eigenvalue weighted by Crippen LogP contribution is -2.29. The van der Waals surface area contributed by atoms with E-state index in [9.17, 15) is 0 Å². The van der Waals surface area contributed by atoms with Gasteiger partial charge in [0, 0.05) is 37.1 Å². The third-order valence-corrected chi connectivity index (χ3v) is 4.27. The molecule has 3 rings (SSSR count). The number of benzene rings is 1. The molecule has 0 aliphatic carbocycles. The van der Waals surface area contributed by atoms with E-state index >= 15 is 0 Å². The van der Waals surface area contributed by atoms with E-state index in [0.717, 1.165) is 25.0 Å². The molecule has 0 unspecified atom stereocenters. The summed E-state index contributed by atoms with van der Waals surface area (Å²) in [4.78, 5) is 7.22. The van der Waals surface area contributed by atoms with Crippen molar-refractivity contribution in [3.8, 4) is 0 Å². The van der Waals surface area contributed by atoms with Crippen LogP contribution in [0, 0.1) is 13.8 Å². The van der Waals surface area contributed by atoms with Crippen LogP contribution in [0.5, 0.6) is 0 Å². The molecule has 0 bridgehead atoms. The smallest absolute Gasteiger partial charge is 0.0711 e. The number of aromatic nitrogens is 1. The van der Waals surface area contributed by atoms with Crippen LogP contribution in [0.15, 0.2) is 12.1 Å². The van der Waals surface area contributed by atoms with E-state index in [0.29, 0.717) is 6.54 Å². The van der Waals surface area contributed by atoms with Crippen LogP contribution in [-0.4, -0.2) is 23.5 Å². The van der Waals surface area contributed by atoms with Gasteiger partial charge in [-0.05, 0) is 55.3 Å². The van der Waals surface area contributed by atoms with Gasteiger partial charge in [-0.2, -0.15) is 0 Å². The van der Waals surface area contributed by atoms with Gasteiger partial charge in [-0.25, -0.2) is 0 Å². The minimum atomic E-state index is 0.595. The summed E-state index contributed by atoms with van der Waals surface area (Å²) in [6.45, 7) is 6.95. The molecule has 0 saturated carbocycles. The first-order valence-corrected chi connectivity index (χ1v) is 6.90. The molecular formula is C16H21N3. The van der Waals surface area contributed by atoms with Crippen molar-refractivity contribution in [3.05, 3.63) is 40.1 Å². The number of pyridine rings is 1. The summed E-state index contributed by atoms with van der Waals surface area (Å²) in [6, 6.07) is 4.44. The van der Waals surface area contributed by atoms with Gasteiger partial charge in [-0.1, -0.05) is 0 Å². The highest BCUT2D eigenvalue weighted by atomic mass is 15.1. The van der Waals surface area contributed by atoms with Crippen molar-refractivity contribution in [2.75, 3.05) is 13.6 Å². The Balaban J connectivity index is 2.32. The van der Waals surface area contributed by atoms with Gasteiger partial charge in [0.05, 0.1) is 5.52 Å². The summed E-state index contributed by atoms with van der Waals surface area (Å²) < 4.78 is 0. The van der Waals surface area contributed by atoms with E-state index in [1.54, 1.807) is 0 Å². The average molecular weight is 255 g/mol. The Morgan fingerprint density at radius 2 is 2.00 bits per heavy atom. The van der Waals surface area contributed by atoms with E-state index in [-0.39, 0.29) is 0 Å². The zero-order valence-electron chi connectivity index (χ0n) is 12.0. The van der Waals surface area contributed by atoms with E-state index in [4.69, 9.17) is 10.7 Å². The molecule has 0 fully saturated rings. The largest absolute Gasteiger partial charge is 0.326 e. The van der Waals surface area contributed by atoms with Crippen molar-refractivity contribution >= 4 is 10.9 Å².